The van der Waals surface area contributed by atoms with E-state index in [-0.39, 0.29) is 5.15 Å². The Morgan fingerprint density at radius 2 is 1.94 bits per heavy atom. The van der Waals surface area contributed by atoms with E-state index in [2.05, 4.69) is 10.3 Å². The summed E-state index contributed by atoms with van der Waals surface area (Å²) in [7, 11) is 0. The predicted molar refractivity (Wildman–Crippen MR) is 77.4 cm³/mol. The van der Waals surface area contributed by atoms with Crippen molar-refractivity contribution in [3.8, 4) is 0 Å². The second kappa shape index (κ2) is 5.65. The first-order valence-corrected chi connectivity index (χ1v) is 6.29. The standard InChI is InChI=1S/C12H10Cl3N3/c13-8-1-2-9(14)7(5-8)6-18-10-3-4-17-12(15)11(10)16/h1-5H,6,16H2,(H,17,18). The van der Waals surface area contributed by atoms with Crippen molar-refractivity contribution in [2.45, 2.75) is 6.54 Å². The molecule has 0 unspecified atom stereocenters. The maximum atomic E-state index is 6.07. The highest BCUT2D eigenvalue weighted by Crippen LogP contribution is 2.26. The van der Waals surface area contributed by atoms with Crippen LogP contribution < -0.4 is 11.1 Å². The number of aromatic nitrogens is 1. The van der Waals surface area contributed by atoms with Crippen LogP contribution in [-0.2, 0) is 6.54 Å². The van der Waals surface area contributed by atoms with Crippen molar-refractivity contribution in [1.82, 2.24) is 4.98 Å². The van der Waals surface area contributed by atoms with Crippen LogP contribution in [0.3, 0.4) is 0 Å². The Morgan fingerprint density at radius 3 is 2.72 bits per heavy atom. The van der Waals surface area contributed by atoms with Gasteiger partial charge in [0.1, 0.15) is 0 Å². The van der Waals surface area contributed by atoms with E-state index >= 15 is 0 Å². The van der Waals surface area contributed by atoms with Crippen molar-refractivity contribution in [1.29, 1.82) is 0 Å². The second-order valence-electron chi connectivity index (χ2n) is 3.65. The zero-order valence-electron chi connectivity index (χ0n) is 9.25. The molecule has 18 heavy (non-hydrogen) atoms. The number of nitrogens with one attached hydrogen (secondary N) is 1. The van der Waals surface area contributed by atoms with Gasteiger partial charge in [0, 0.05) is 22.8 Å². The van der Waals surface area contributed by atoms with E-state index in [1.165, 1.54) is 0 Å². The molecule has 0 radical (unpaired) electrons. The molecule has 0 amide bonds. The summed E-state index contributed by atoms with van der Waals surface area (Å²) in [6.07, 6.45) is 1.58. The summed E-state index contributed by atoms with van der Waals surface area (Å²) in [6, 6.07) is 7.05. The van der Waals surface area contributed by atoms with Gasteiger partial charge in [-0.15, -0.1) is 0 Å². The Hall–Kier alpha value is -1.16. The Bertz CT molecular complexity index is 570. The molecule has 0 bridgehead atoms. The minimum Gasteiger partial charge on any atom is -0.395 e. The lowest BCUT2D eigenvalue weighted by Gasteiger charge is -2.11. The monoisotopic (exact) mass is 301 g/mol. The fourth-order valence-corrected chi connectivity index (χ4v) is 2.01. The lowest BCUT2D eigenvalue weighted by molar-refractivity contribution is 1.14. The number of halogens is 3. The number of rotatable bonds is 3. The maximum absolute atomic E-state index is 6.07. The third-order valence-corrected chi connectivity index (χ3v) is 3.32. The van der Waals surface area contributed by atoms with Crippen LogP contribution in [0.15, 0.2) is 30.5 Å². The number of nitrogens with two attached hydrogens (primary N) is 1. The van der Waals surface area contributed by atoms with Crippen LogP contribution in [0.25, 0.3) is 0 Å². The first-order chi connectivity index (χ1) is 8.58. The van der Waals surface area contributed by atoms with E-state index in [4.69, 9.17) is 40.5 Å². The number of anilines is 2. The first kappa shape index (κ1) is 13.3. The van der Waals surface area contributed by atoms with Gasteiger partial charge in [-0.3, -0.25) is 0 Å². The van der Waals surface area contributed by atoms with Gasteiger partial charge in [-0.2, -0.15) is 0 Å². The van der Waals surface area contributed by atoms with Gasteiger partial charge < -0.3 is 11.1 Å². The molecule has 0 atom stereocenters. The quantitative estimate of drug-likeness (QED) is 0.834. The number of hydrogen-bond donors (Lipinski definition) is 2. The van der Waals surface area contributed by atoms with Crippen LogP contribution in [-0.4, -0.2) is 4.98 Å². The van der Waals surface area contributed by atoms with E-state index in [0.29, 0.717) is 28.0 Å². The number of nitrogen functional groups attached to an aromatic ring is 1. The average Bonchev–Trinajstić information content (AvgIpc) is 2.35. The number of nitrogens with zero attached hydrogens (tertiary/aromatic N) is 1. The molecule has 3 nitrogen and oxygen atoms in total. The molecule has 2 rings (SSSR count). The highest BCUT2D eigenvalue weighted by Gasteiger charge is 2.05. The van der Waals surface area contributed by atoms with E-state index in [1.54, 1.807) is 30.5 Å². The summed E-state index contributed by atoms with van der Waals surface area (Å²) >= 11 is 17.8. The number of benzene rings is 1. The molecule has 0 aliphatic rings. The minimum absolute atomic E-state index is 0.275. The van der Waals surface area contributed by atoms with Gasteiger partial charge in [0.25, 0.3) is 0 Å². The molecule has 3 N–H and O–H groups in total. The predicted octanol–water partition coefficient (Wildman–Crippen LogP) is 4.24. The van der Waals surface area contributed by atoms with E-state index in [9.17, 15) is 0 Å². The highest BCUT2D eigenvalue weighted by molar-refractivity contribution is 6.33. The van der Waals surface area contributed by atoms with Gasteiger partial charge in [0.2, 0.25) is 0 Å². The Labute approximate surface area is 120 Å². The van der Waals surface area contributed by atoms with Gasteiger partial charge in [-0.1, -0.05) is 34.8 Å². The molecular formula is C12H10Cl3N3. The van der Waals surface area contributed by atoms with Crippen LogP contribution in [0.1, 0.15) is 5.56 Å². The van der Waals surface area contributed by atoms with Crippen molar-refractivity contribution in [2.75, 3.05) is 11.1 Å². The molecule has 94 valence electrons. The largest absolute Gasteiger partial charge is 0.395 e. The molecule has 2 aromatic rings. The van der Waals surface area contributed by atoms with Gasteiger partial charge >= 0.3 is 0 Å². The van der Waals surface area contributed by atoms with Crippen LogP contribution in [0.4, 0.5) is 11.4 Å². The van der Waals surface area contributed by atoms with Crippen LogP contribution >= 0.6 is 34.8 Å². The van der Waals surface area contributed by atoms with Crippen molar-refractivity contribution in [3.63, 3.8) is 0 Å². The van der Waals surface area contributed by atoms with E-state index in [0.717, 1.165) is 5.56 Å². The summed E-state index contributed by atoms with van der Waals surface area (Å²) in [6.45, 7) is 0.504. The molecule has 0 saturated heterocycles. The van der Waals surface area contributed by atoms with Gasteiger partial charge in [0.05, 0.1) is 11.4 Å². The third kappa shape index (κ3) is 2.99. The lowest BCUT2D eigenvalue weighted by atomic mass is 10.2. The SMILES string of the molecule is Nc1c(NCc2cc(Cl)ccc2Cl)ccnc1Cl. The summed E-state index contributed by atoms with van der Waals surface area (Å²) in [5, 5.41) is 4.70. The zero-order chi connectivity index (χ0) is 13.1. The van der Waals surface area contributed by atoms with Gasteiger partial charge in [-0.05, 0) is 29.8 Å². The van der Waals surface area contributed by atoms with Gasteiger partial charge in [-0.25, -0.2) is 4.98 Å². The number of hydrogen-bond acceptors (Lipinski definition) is 3. The normalized spacial score (nSPS) is 10.4. The molecule has 0 saturated carbocycles. The smallest absolute Gasteiger partial charge is 0.153 e. The van der Waals surface area contributed by atoms with Crippen molar-refractivity contribution in [3.05, 3.63) is 51.2 Å². The molecule has 0 spiro atoms. The Morgan fingerprint density at radius 1 is 1.17 bits per heavy atom. The minimum atomic E-state index is 0.275. The first-order valence-electron chi connectivity index (χ1n) is 5.15. The summed E-state index contributed by atoms with van der Waals surface area (Å²) in [4.78, 5) is 3.88. The van der Waals surface area contributed by atoms with Crippen LogP contribution in [0.5, 0.6) is 0 Å². The molecule has 1 aromatic heterocycles. The molecular weight excluding hydrogens is 293 g/mol. The molecule has 1 aromatic carbocycles. The molecule has 0 fully saturated rings. The topological polar surface area (TPSA) is 50.9 Å². The molecule has 0 aliphatic heterocycles. The summed E-state index contributed by atoms with van der Waals surface area (Å²) in [5.41, 5.74) is 7.81. The average molecular weight is 303 g/mol. The van der Waals surface area contributed by atoms with E-state index in [1.807, 2.05) is 0 Å². The highest BCUT2D eigenvalue weighted by atomic mass is 35.5. The van der Waals surface area contributed by atoms with Crippen molar-refractivity contribution >= 4 is 46.2 Å². The molecule has 0 aliphatic carbocycles. The fourth-order valence-electron chi connectivity index (χ4n) is 1.47. The zero-order valence-corrected chi connectivity index (χ0v) is 11.5. The van der Waals surface area contributed by atoms with Crippen molar-refractivity contribution in [2.24, 2.45) is 0 Å². The third-order valence-electron chi connectivity index (χ3n) is 2.42. The molecule has 1 heterocycles. The van der Waals surface area contributed by atoms with Gasteiger partial charge in [0.15, 0.2) is 5.15 Å². The lowest BCUT2D eigenvalue weighted by Crippen LogP contribution is -2.04. The summed E-state index contributed by atoms with van der Waals surface area (Å²) in [5.74, 6) is 0. The Kier molecular flexibility index (Phi) is 4.17. The van der Waals surface area contributed by atoms with E-state index < -0.39 is 0 Å². The van der Waals surface area contributed by atoms with Crippen LogP contribution in [0, 0.1) is 0 Å². The Balaban J connectivity index is 2.16. The van der Waals surface area contributed by atoms with Crippen molar-refractivity contribution < 1.29 is 0 Å². The summed E-state index contributed by atoms with van der Waals surface area (Å²) < 4.78 is 0. The number of pyridine rings is 1. The second-order valence-corrected chi connectivity index (χ2v) is 4.85. The molecule has 6 heteroatoms. The van der Waals surface area contributed by atoms with Crippen LogP contribution in [0.2, 0.25) is 15.2 Å². The fraction of sp³-hybridized carbons (Fsp3) is 0.0833. The maximum Gasteiger partial charge on any atom is 0.153 e.